The van der Waals surface area contributed by atoms with Crippen LogP contribution < -0.4 is 25.6 Å². The van der Waals surface area contributed by atoms with Crippen LogP contribution in [0.25, 0.3) is 10.8 Å². The molecular formula is C21H17Br2N3O4S. The highest BCUT2D eigenvalue weighted by Crippen LogP contribution is 2.28. The predicted octanol–water partition coefficient (Wildman–Crippen LogP) is 3.84. The first-order valence-corrected chi connectivity index (χ1v) is 11.0. The Morgan fingerprint density at radius 3 is 2.35 bits per heavy atom. The molecule has 0 fully saturated rings. The highest BCUT2D eigenvalue weighted by molar-refractivity contribution is 9.11. The van der Waals surface area contributed by atoms with Crippen molar-refractivity contribution in [3.8, 4) is 11.5 Å². The second-order valence-corrected chi connectivity index (χ2v) is 8.36. The fourth-order valence-corrected chi connectivity index (χ4v) is 3.88. The standard InChI is InChI=1S/C21H17Br2N3O4S/c22-14-8-9-18(16(23)10-14)30-12-20(28)25-26-21(31)24-19(27)11-29-17-7-3-5-13-4-1-2-6-15(13)17/h1-10H,11-12H2,(H,25,28)(H2,24,26,27,31). The number of halogens is 2. The maximum Gasteiger partial charge on any atom is 0.276 e. The fourth-order valence-electron chi connectivity index (χ4n) is 2.56. The molecule has 0 aliphatic heterocycles. The van der Waals surface area contributed by atoms with Gasteiger partial charge in [0.05, 0.1) is 4.47 Å². The number of fused-ring (bicyclic) bond motifs is 1. The van der Waals surface area contributed by atoms with E-state index in [0.717, 1.165) is 15.2 Å². The first kappa shape index (κ1) is 23.0. The Balaban J connectivity index is 1.39. The van der Waals surface area contributed by atoms with Crippen molar-refractivity contribution in [1.29, 1.82) is 0 Å². The van der Waals surface area contributed by atoms with Crippen molar-refractivity contribution in [2.45, 2.75) is 0 Å². The summed E-state index contributed by atoms with van der Waals surface area (Å²) in [5.41, 5.74) is 4.80. The van der Waals surface area contributed by atoms with E-state index in [1.54, 1.807) is 24.3 Å². The maximum atomic E-state index is 12.1. The van der Waals surface area contributed by atoms with Crippen LogP contribution in [0.4, 0.5) is 0 Å². The normalized spacial score (nSPS) is 10.3. The van der Waals surface area contributed by atoms with E-state index in [-0.39, 0.29) is 18.3 Å². The molecule has 0 bridgehead atoms. The van der Waals surface area contributed by atoms with Gasteiger partial charge in [-0.2, -0.15) is 0 Å². The molecule has 0 atom stereocenters. The van der Waals surface area contributed by atoms with Crippen LogP contribution in [-0.4, -0.2) is 30.1 Å². The van der Waals surface area contributed by atoms with Gasteiger partial charge in [-0.3, -0.25) is 25.8 Å². The molecule has 0 spiro atoms. The lowest BCUT2D eigenvalue weighted by atomic mass is 10.1. The van der Waals surface area contributed by atoms with Crippen molar-refractivity contribution in [3.63, 3.8) is 0 Å². The van der Waals surface area contributed by atoms with E-state index in [1.165, 1.54) is 0 Å². The summed E-state index contributed by atoms with van der Waals surface area (Å²) in [5, 5.41) is 4.28. The van der Waals surface area contributed by atoms with Gasteiger partial charge in [0.1, 0.15) is 11.5 Å². The molecule has 2 amide bonds. The molecule has 160 valence electrons. The van der Waals surface area contributed by atoms with Gasteiger partial charge in [-0.15, -0.1) is 0 Å². The van der Waals surface area contributed by atoms with E-state index in [1.807, 2.05) is 36.4 Å². The molecule has 0 aromatic heterocycles. The van der Waals surface area contributed by atoms with Crippen LogP contribution in [-0.2, 0) is 9.59 Å². The molecule has 3 rings (SSSR count). The van der Waals surface area contributed by atoms with E-state index >= 15 is 0 Å². The first-order chi connectivity index (χ1) is 14.9. The van der Waals surface area contributed by atoms with Gasteiger partial charge in [-0.1, -0.05) is 52.3 Å². The number of rotatable bonds is 6. The third-order valence-electron chi connectivity index (χ3n) is 3.93. The molecule has 0 saturated heterocycles. The van der Waals surface area contributed by atoms with Crippen molar-refractivity contribution in [2.24, 2.45) is 0 Å². The fraction of sp³-hybridized carbons (Fsp3) is 0.0952. The molecule has 3 aromatic rings. The summed E-state index contributed by atoms with van der Waals surface area (Å²) in [5.74, 6) is 0.171. The lowest BCUT2D eigenvalue weighted by Gasteiger charge is -2.13. The van der Waals surface area contributed by atoms with Crippen molar-refractivity contribution in [1.82, 2.24) is 16.2 Å². The zero-order valence-corrected chi connectivity index (χ0v) is 20.0. The quantitative estimate of drug-likeness (QED) is 0.310. The average Bonchev–Trinajstić information content (AvgIpc) is 2.75. The number of hydrogen-bond acceptors (Lipinski definition) is 5. The topological polar surface area (TPSA) is 88.7 Å². The van der Waals surface area contributed by atoms with Crippen molar-refractivity contribution in [3.05, 3.63) is 69.6 Å². The van der Waals surface area contributed by atoms with E-state index in [9.17, 15) is 9.59 Å². The Labute approximate surface area is 200 Å². The number of nitrogens with one attached hydrogen (secondary N) is 3. The number of benzene rings is 3. The molecular weight excluding hydrogens is 550 g/mol. The maximum absolute atomic E-state index is 12.1. The summed E-state index contributed by atoms with van der Waals surface area (Å²) in [4.78, 5) is 24.0. The van der Waals surface area contributed by atoms with Gasteiger partial charge < -0.3 is 9.47 Å². The van der Waals surface area contributed by atoms with Crippen molar-refractivity contribution >= 4 is 71.8 Å². The molecule has 0 radical (unpaired) electrons. The molecule has 7 nitrogen and oxygen atoms in total. The lowest BCUT2D eigenvalue weighted by Crippen LogP contribution is -2.50. The van der Waals surface area contributed by atoms with Crippen LogP contribution >= 0.6 is 44.1 Å². The number of carbonyl (C=O) groups is 2. The van der Waals surface area contributed by atoms with Gasteiger partial charge in [0.15, 0.2) is 18.3 Å². The van der Waals surface area contributed by atoms with E-state index in [2.05, 4.69) is 48.0 Å². The number of amides is 2. The average molecular weight is 567 g/mol. The van der Waals surface area contributed by atoms with Gasteiger partial charge in [0.25, 0.3) is 11.8 Å². The Morgan fingerprint density at radius 1 is 0.839 bits per heavy atom. The monoisotopic (exact) mass is 565 g/mol. The minimum absolute atomic E-state index is 0.0651. The summed E-state index contributed by atoms with van der Waals surface area (Å²) in [7, 11) is 0. The Hall–Kier alpha value is -2.69. The summed E-state index contributed by atoms with van der Waals surface area (Å²) in [6.45, 7) is -0.474. The van der Waals surface area contributed by atoms with Crippen LogP contribution in [0, 0.1) is 0 Å². The van der Waals surface area contributed by atoms with E-state index < -0.39 is 11.8 Å². The van der Waals surface area contributed by atoms with E-state index in [4.69, 9.17) is 21.7 Å². The Morgan fingerprint density at radius 2 is 1.55 bits per heavy atom. The van der Waals surface area contributed by atoms with Gasteiger partial charge in [0.2, 0.25) is 0 Å². The van der Waals surface area contributed by atoms with Crippen LogP contribution in [0.3, 0.4) is 0 Å². The number of hydrazine groups is 1. The summed E-state index contributed by atoms with van der Waals surface area (Å²) < 4.78 is 12.6. The molecule has 31 heavy (non-hydrogen) atoms. The molecule has 0 unspecified atom stereocenters. The minimum atomic E-state index is -0.474. The Bertz CT molecular complexity index is 1120. The van der Waals surface area contributed by atoms with Crippen LogP contribution in [0.2, 0.25) is 0 Å². The highest BCUT2D eigenvalue weighted by Gasteiger charge is 2.10. The summed E-state index contributed by atoms with van der Waals surface area (Å²) in [6.07, 6.45) is 0. The van der Waals surface area contributed by atoms with E-state index in [0.29, 0.717) is 16.0 Å². The largest absolute Gasteiger partial charge is 0.483 e. The van der Waals surface area contributed by atoms with Crippen LogP contribution in [0.1, 0.15) is 0 Å². The zero-order chi connectivity index (χ0) is 22.2. The SMILES string of the molecule is O=C(COc1ccc(Br)cc1Br)NNC(=S)NC(=O)COc1cccc2ccccc12. The number of ether oxygens (including phenoxy) is 2. The minimum Gasteiger partial charge on any atom is -0.483 e. The van der Waals surface area contributed by atoms with Gasteiger partial charge >= 0.3 is 0 Å². The number of thiocarbonyl (C=S) groups is 1. The lowest BCUT2D eigenvalue weighted by molar-refractivity contribution is -0.124. The molecule has 3 N–H and O–H groups in total. The van der Waals surface area contributed by atoms with Gasteiger partial charge in [-0.25, -0.2) is 0 Å². The smallest absolute Gasteiger partial charge is 0.276 e. The second-order valence-electron chi connectivity index (χ2n) is 6.18. The van der Waals surface area contributed by atoms with Gasteiger partial charge in [0, 0.05) is 9.86 Å². The van der Waals surface area contributed by atoms with Gasteiger partial charge in [-0.05, 0) is 57.8 Å². The third-order valence-corrected chi connectivity index (χ3v) is 5.25. The van der Waals surface area contributed by atoms with Crippen LogP contribution in [0.5, 0.6) is 11.5 Å². The molecule has 0 aliphatic carbocycles. The summed E-state index contributed by atoms with van der Waals surface area (Å²) in [6, 6.07) is 18.6. The molecule has 0 aliphatic rings. The van der Waals surface area contributed by atoms with Crippen LogP contribution in [0.15, 0.2) is 69.6 Å². The third kappa shape index (κ3) is 6.91. The van der Waals surface area contributed by atoms with Crippen molar-refractivity contribution in [2.75, 3.05) is 13.2 Å². The van der Waals surface area contributed by atoms with Crippen molar-refractivity contribution < 1.29 is 19.1 Å². The Kier molecular flexibility index (Phi) is 8.21. The number of hydrogen-bond donors (Lipinski definition) is 3. The number of carbonyl (C=O) groups excluding carboxylic acids is 2. The zero-order valence-electron chi connectivity index (χ0n) is 16.0. The molecule has 0 saturated carbocycles. The highest BCUT2D eigenvalue weighted by atomic mass is 79.9. The molecule has 3 aromatic carbocycles. The predicted molar refractivity (Wildman–Crippen MR) is 129 cm³/mol. The molecule has 0 heterocycles. The molecule has 10 heteroatoms. The summed E-state index contributed by atoms with van der Waals surface area (Å²) >= 11 is 11.7. The second kappa shape index (κ2) is 11.1. The first-order valence-electron chi connectivity index (χ1n) is 8.99.